The molecule has 0 aromatic heterocycles. The number of hydrogen-bond acceptors (Lipinski definition) is 6. The first kappa shape index (κ1) is 20.3. The van der Waals surface area contributed by atoms with Crippen LogP contribution in [0.25, 0.3) is 5.76 Å². The number of likely N-dealkylation sites (tertiary alicyclic amines) is 1. The summed E-state index contributed by atoms with van der Waals surface area (Å²) in [5, 5.41) is 20.9. The zero-order valence-electron chi connectivity index (χ0n) is 16.2. The third-order valence-corrected chi connectivity index (χ3v) is 5.63. The van der Waals surface area contributed by atoms with Gasteiger partial charge in [-0.1, -0.05) is 17.7 Å². The van der Waals surface area contributed by atoms with Crippen molar-refractivity contribution >= 4 is 29.1 Å². The van der Waals surface area contributed by atoms with E-state index in [9.17, 15) is 19.8 Å². The molecular formula is C22H20ClNO6. The lowest BCUT2D eigenvalue weighted by Gasteiger charge is -2.25. The first-order chi connectivity index (χ1) is 14.4. The Morgan fingerprint density at radius 2 is 2.07 bits per heavy atom. The number of fused-ring (bicyclic) bond motifs is 1. The SMILES string of the molecule is COCCN1C(=O)C(=O)/C(=C(\O)c2ccc3c(c2)CCO3)C1c1ccc(O)c(Cl)c1. The number of rotatable bonds is 5. The standard InChI is InChI=1S/C22H20ClNO6/c1-29-9-7-24-19(13-2-4-16(25)15(23)11-13)18(21(27)22(24)28)20(26)14-3-5-17-12(10-14)6-8-30-17/h2-5,10-11,19,25-26H,6-9H2,1H3/b20-18-. The minimum Gasteiger partial charge on any atom is -0.507 e. The van der Waals surface area contributed by atoms with Crippen LogP contribution in [0.1, 0.15) is 22.7 Å². The molecule has 1 atom stereocenters. The second kappa shape index (κ2) is 8.01. The summed E-state index contributed by atoms with van der Waals surface area (Å²) in [6.45, 7) is 0.928. The molecule has 1 unspecified atom stereocenters. The molecule has 7 nitrogen and oxygen atoms in total. The fraction of sp³-hybridized carbons (Fsp3) is 0.273. The molecule has 0 aliphatic carbocycles. The zero-order valence-corrected chi connectivity index (χ0v) is 17.0. The average Bonchev–Trinajstić information content (AvgIpc) is 3.30. The lowest BCUT2D eigenvalue weighted by atomic mass is 9.94. The van der Waals surface area contributed by atoms with E-state index in [2.05, 4.69) is 0 Å². The van der Waals surface area contributed by atoms with Crippen molar-refractivity contribution < 1.29 is 29.3 Å². The number of benzene rings is 2. The van der Waals surface area contributed by atoms with Gasteiger partial charge in [0.15, 0.2) is 0 Å². The van der Waals surface area contributed by atoms with Crippen molar-refractivity contribution in [2.45, 2.75) is 12.5 Å². The van der Waals surface area contributed by atoms with E-state index in [1.165, 1.54) is 24.1 Å². The quantitative estimate of drug-likeness (QED) is 0.431. The van der Waals surface area contributed by atoms with Crippen LogP contribution in [0.3, 0.4) is 0 Å². The van der Waals surface area contributed by atoms with E-state index in [0.717, 1.165) is 11.3 Å². The van der Waals surface area contributed by atoms with Crippen LogP contribution < -0.4 is 4.74 Å². The summed E-state index contributed by atoms with van der Waals surface area (Å²) in [7, 11) is 1.50. The van der Waals surface area contributed by atoms with Crippen LogP contribution in [0.2, 0.25) is 5.02 Å². The van der Waals surface area contributed by atoms with E-state index in [-0.39, 0.29) is 35.3 Å². The number of hydrogen-bond donors (Lipinski definition) is 2. The molecule has 30 heavy (non-hydrogen) atoms. The van der Waals surface area contributed by atoms with Crippen LogP contribution in [0.5, 0.6) is 11.5 Å². The first-order valence-corrected chi connectivity index (χ1v) is 9.82. The summed E-state index contributed by atoms with van der Waals surface area (Å²) in [5.74, 6) is -1.15. The highest BCUT2D eigenvalue weighted by atomic mass is 35.5. The van der Waals surface area contributed by atoms with Crippen molar-refractivity contribution in [1.82, 2.24) is 4.90 Å². The number of ether oxygens (including phenoxy) is 2. The fourth-order valence-corrected chi connectivity index (χ4v) is 4.02. The molecule has 2 aromatic rings. The largest absolute Gasteiger partial charge is 0.507 e. The number of ketones is 1. The minimum atomic E-state index is -0.859. The van der Waals surface area contributed by atoms with Gasteiger partial charge in [0, 0.05) is 25.6 Å². The lowest BCUT2D eigenvalue weighted by Crippen LogP contribution is -2.32. The van der Waals surface area contributed by atoms with Gasteiger partial charge in [-0.2, -0.15) is 0 Å². The van der Waals surface area contributed by atoms with Gasteiger partial charge in [-0.25, -0.2) is 0 Å². The predicted octanol–water partition coefficient (Wildman–Crippen LogP) is 3.05. The summed E-state index contributed by atoms with van der Waals surface area (Å²) in [4.78, 5) is 27.0. The molecule has 0 spiro atoms. The molecule has 0 saturated carbocycles. The summed E-state index contributed by atoms with van der Waals surface area (Å²) < 4.78 is 10.6. The molecule has 0 radical (unpaired) electrons. The van der Waals surface area contributed by atoms with E-state index < -0.39 is 17.7 Å². The van der Waals surface area contributed by atoms with E-state index in [4.69, 9.17) is 21.1 Å². The number of carbonyl (C=O) groups is 2. The summed E-state index contributed by atoms with van der Waals surface area (Å²) in [5.41, 5.74) is 1.83. The van der Waals surface area contributed by atoms with Crippen molar-refractivity contribution in [3.63, 3.8) is 0 Å². The summed E-state index contributed by atoms with van der Waals surface area (Å²) in [6.07, 6.45) is 0.704. The highest BCUT2D eigenvalue weighted by molar-refractivity contribution is 6.46. The number of Topliss-reactive ketones (excluding diaryl/α,β-unsaturated/α-hetero) is 1. The fourth-order valence-electron chi connectivity index (χ4n) is 3.83. The first-order valence-electron chi connectivity index (χ1n) is 9.44. The number of methoxy groups -OCH3 is 1. The maximum absolute atomic E-state index is 12.9. The maximum atomic E-state index is 12.9. The Morgan fingerprint density at radius 1 is 1.27 bits per heavy atom. The van der Waals surface area contributed by atoms with Gasteiger partial charge < -0.3 is 24.6 Å². The Bertz CT molecular complexity index is 1060. The monoisotopic (exact) mass is 429 g/mol. The highest BCUT2D eigenvalue weighted by Crippen LogP contribution is 2.41. The summed E-state index contributed by atoms with van der Waals surface area (Å²) >= 11 is 6.07. The van der Waals surface area contributed by atoms with Crippen LogP contribution >= 0.6 is 11.6 Å². The molecule has 4 rings (SSSR count). The van der Waals surface area contributed by atoms with E-state index in [1.807, 2.05) is 0 Å². The average molecular weight is 430 g/mol. The van der Waals surface area contributed by atoms with Gasteiger partial charge in [0.2, 0.25) is 0 Å². The zero-order chi connectivity index (χ0) is 21.4. The highest BCUT2D eigenvalue weighted by Gasteiger charge is 2.46. The third kappa shape index (κ3) is 3.40. The van der Waals surface area contributed by atoms with Crippen molar-refractivity contribution in [3.8, 4) is 11.5 Å². The molecule has 2 N–H and O–H groups in total. The van der Waals surface area contributed by atoms with Gasteiger partial charge in [-0.05, 0) is 41.5 Å². The van der Waals surface area contributed by atoms with Gasteiger partial charge >= 0.3 is 0 Å². The Labute approximate surface area is 178 Å². The molecule has 1 fully saturated rings. The normalized spacial score (nSPS) is 19.8. The molecular weight excluding hydrogens is 410 g/mol. The van der Waals surface area contributed by atoms with Crippen molar-refractivity contribution in [1.29, 1.82) is 0 Å². The Hall–Kier alpha value is -3.03. The van der Waals surface area contributed by atoms with Gasteiger partial charge in [0.1, 0.15) is 17.3 Å². The van der Waals surface area contributed by atoms with Crippen molar-refractivity contribution in [2.24, 2.45) is 0 Å². The van der Waals surface area contributed by atoms with Gasteiger partial charge in [-0.3, -0.25) is 9.59 Å². The Kier molecular flexibility index (Phi) is 5.40. The summed E-state index contributed by atoms with van der Waals surface area (Å²) in [6, 6.07) is 8.75. The smallest absolute Gasteiger partial charge is 0.295 e. The van der Waals surface area contributed by atoms with Crippen LogP contribution in [0, 0.1) is 0 Å². The van der Waals surface area contributed by atoms with E-state index in [0.29, 0.717) is 24.2 Å². The molecule has 2 heterocycles. The lowest BCUT2D eigenvalue weighted by molar-refractivity contribution is -0.140. The van der Waals surface area contributed by atoms with Crippen molar-refractivity contribution in [2.75, 3.05) is 26.9 Å². The molecule has 156 valence electrons. The number of phenolic OH excluding ortho intramolecular Hbond substituents is 1. The molecule has 2 aromatic carbocycles. The molecule has 1 amide bonds. The molecule has 8 heteroatoms. The number of nitrogens with zero attached hydrogens (tertiary/aromatic N) is 1. The number of amides is 1. The van der Waals surface area contributed by atoms with E-state index >= 15 is 0 Å². The second-order valence-electron chi connectivity index (χ2n) is 7.12. The second-order valence-corrected chi connectivity index (χ2v) is 7.52. The maximum Gasteiger partial charge on any atom is 0.295 e. The number of aliphatic hydroxyl groups excluding tert-OH is 1. The molecule has 2 aliphatic rings. The number of halogens is 1. The molecule has 0 bridgehead atoms. The van der Waals surface area contributed by atoms with Gasteiger partial charge in [0.25, 0.3) is 11.7 Å². The topological polar surface area (TPSA) is 96.3 Å². The van der Waals surface area contributed by atoms with Crippen LogP contribution in [-0.2, 0) is 20.7 Å². The number of phenols is 1. The number of aromatic hydroxyl groups is 1. The van der Waals surface area contributed by atoms with E-state index in [1.54, 1.807) is 24.3 Å². The minimum absolute atomic E-state index is 0.0308. The van der Waals surface area contributed by atoms with Crippen LogP contribution in [-0.4, -0.2) is 53.7 Å². The van der Waals surface area contributed by atoms with Crippen molar-refractivity contribution in [3.05, 3.63) is 63.7 Å². The number of carbonyl (C=O) groups excluding carboxylic acids is 2. The van der Waals surface area contributed by atoms with Crippen LogP contribution in [0.4, 0.5) is 0 Å². The Morgan fingerprint density at radius 3 is 2.80 bits per heavy atom. The third-order valence-electron chi connectivity index (χ3n) is 5.33. The molecule has 2 aliphatic heterocycles. The molecule has 1 saturated heterocycles. The predicted molar refractivity (Wildman–Crippen MR) is 110 cm³/mol. The van der Waals surface area contributed by atoms with Gasteiger partial charge in [-0.15, -0.1) is 0 Å². The number of aliphatic hydroxyl groups is 1. The van der Waals surface area contributed by atoms with Crippen LogP contribution in [0.15, 0.2) is 42.0 Å². The van der Waals surface area contributed by atoms with Gasteiger partial charge in [0.05, 0.1) is 29.9 Å². The Balaban J connectivity index is 1.86.